The number of halogens is 2. The molecule has 9 nitrogen and oxygen atoms in total. The van der Waals surface area contributed by atoms with Gasteiger partial charge in [0.25, 0.3) is 5.56 Å². The lowest BCUT2D eigenvalue weighted by atomic mass is 9.99. The van der Waals surface area contributed by atoms with E-state index < -0.39 is 17.4 Å². The maximum Gasteiger partial charge on any atom is 0.278 e. The molecule has 2 N–H and O–H groups in total. The first-order valence-electron chi connectivity index (χ1n) is 12.0. The number of piperazine rings is 1. The molecule has 2 aromatic heterocycles. The summed E-state index contributed by atoms with van der Waals surface area (Å²) < 4.78 is 16.3. The summed E-state index contributed by atoms with van der Waals surface area (Å²) in [6.45, 7) is 5.82. The van der Waals surface area contributed by atoms with Crippen LogP contribution in [0.2, 0.25) is 5.02 Å². The fourth-order valence-electron chi connectivity index (χ4n) is 5.37. The van der Waals surface area contributed by atoms with E-state index in [2.05, 4.69) is 16.9 Å². The number of aromatic nitrogens is 2. The van der Waals surface area contributed by atoms with Crippen LogP contribution < -0.4 is 15.8 Å². The zero-order valence-electron chi connectivity index (χ0n) is 19.9. The summed E-state index contributed by atoms with van der Waals surface area (Å²) in [4.78, 5) is 47.3. The average molecular weight is 524 g/mol. The molecule has 0 unspecified atom stereocenters. The molecular weight excluding hydrogens is 501 g/mol. The molecule has 1 aliphatic carbocycles. The Balaban J connectivity index is 1.61. The molecule has 3 aliphatic rings. The smallest absolute Gasteiger partial charge is 0.278 e. The van der Waals surface area contributed by atoms with Gasteiger partial charge < -0.3 is 20.2 Å². The first-order valence-corrected chi connectivity index (χ1v) is 12.4. The molecule has 6 rings (SSSR count). The molecule has 0 spiro atoms. The Morgan fingerprint density at radius 3 is 2.73 bits per heavy atom. The van der Waals surface area contributed by atoms with E-state index in [9.17, 15) is 23.9 Å². The molecule has 190 valence electrons. The Morgan fingerprint density at radius 2 is 2.05 bits per heavy atom. The van der Waals surface area contributed by atoms with Gasteiger partial charge in [0.2, 0.25) is 11.8 Å². The standard InChI is InChI=1S/C26H23ClFN5O4/c1-3-19(35)31-11-17-25(36)30-22-23(32(17)10-12(31)2)14-9-15(27)21(20-16(28)5-4-6-18(20)34)29-24(14)33(26(22)37)13-7-8-13/h3-6,9,12-13,17,34H,1,7-8,10-11H2,2H3,(H,30,36)/t12-,17-/m1/s1. The highest BCUT2D eigenvalue weighted by Gasteiger charge is 2.44. The molecule has 2 fully saturated rings. The Kier molecular flexibility index (Phi) is 5.27. The first-order chi connectivity index (χ1) is 17.7. The van der Waals surface area contributed by atoms with E-state index in [1.165, 1.54) is 28.8 Å². The van der Waals surface area contributed by atoms with E-state index in [1.54, 1.807) is 11.0 Å². The number of hydrogen-bond acceptors (Lipinski definition) is 6. The van der Waals surface area contributed by atoms with E-state index in [0.717, 1.165) is 12.8 Å². The second kappa shape index (κ2) is 8.31. The minimum atomic E-state index is -0.735. The summed E-state index contributed by atoms with van der Waals surface area (Å²) in [7, 11) is 0. The van der Waals surface area contributed by atoms with Crippen molar-refractivity contribution in [3.05, 3.63) is 58.1 Å². The largest absolute Gasteiger partial charge is 0.507 e. The van der Waals surface area contributed by atoms with Gasteiger partial charge in [-0.2, -0.15) is 0 Å². The lowest BCUT2D eigenvalue weighted by Crippen LogP contribution is -2.64. The number of amides is 2. The first kappa shape index (κ1) is 23.5. The summed E-state index contributed by atoms with van der Waals surface area (Å²) in [6, 6.07) is 4.40. The molecule has 1 aromatic carbocycles. The Labute approximate surface area is 215 Å². The van der Waals surface area contributed by atoms with Crippen LogP contribution in [0.5, 0.6) is 5.75 Å². The number of carbonyl (C=O) groups excluding carboxylic acids is 2. The molecule has 2 amide bonds. The number of phenolic OH excluding ortho intramolecular Hbond substituents is 1. The molecular formula is C26H23ClFN5O4. The second-order valence-electron chi connectivity index (χ2n) is 9.66. The molecule has 1 saturated heterocycles. The number of nitrogens with one attached hydrogen (secondary N) is 1. The maximum absolute atomic E-state index is 14.8. The lowest BCUT2D eigenvalue weighted by molar-refractivity contribution is -0.130. The maximum atomic E-state index is 14.8. The number of phenols is 1. The van der Waals surface area contributed by atoms with Crippen LogP contribution in [0.1, 0.15) is 25.8 Å². The van der Waals surface area contributed by atoms with Crippen LogP contribution in [0.3, 0.4) is 0 Å². The van der Waals surface area contributed by atoms with Crippen molar-refractivity contribution in [1.82, 2.24) is 14.5 Å². The summed E-state index contributed by atoms with van der Waals surface area (Å²) >= 11 is 6.63. The summed E-state index contributed by atoms with van der Waals surface area (Å²) in [6.07, 6.45) is 2.73. The fourth-order valence-corrected chi connectivity index (χ4v) is 5.62. The number of fused-ring (bicyclic) bond motifs is 5. The van der Waals surface area contributed by atoms with Crippen molar-refractivity contribution in [2.75, 3.05) is 23.3 Å². The van der Waals surface area contributed by atoms with Gasteiger partial charge in [-0.05, 0) is 44.0 Å². The molecule has 2 aliphatic heterocycles. The van der Waals surface area contributed by atoms with Crippen LogP contribution in [0.15, 0.2) is 41.7 Å². The van der Waals surface area contributed by atoms with Crippen molar-refractivity contribution >= 4 is 45.8 Å². The number of benzene rings is 1. The van der Waals surface area contributed by atoms with E-state index in [-0.39, 0.29) is 58.2 Å². The topological polar surface area (TPSA) is 108 Å². The molecule has 0 radical (unpaired) electrons. The average Bonchev–Trinajstić information content (AvgIpc) is 3.69. The SMILES string of the molecule is C=CC(=O)N1C[C@@H]2C(=O)Nc3c(c4cc(Cl)c(-c5c(O)cccc5F)nc4n(C4CC4)c3=O)N2C[C@H]1C. The van der Waals surface area contributed by atoms with Gasteiger partial charge in [0.15, 0.2) is 0 Å². The molecule has 0 bridgehead atoms. The third-order valence-electron chi connectivity index (χ3n) is 7.28. The number of hydrogen-bond donors (Lipinski definition) is 2. The lowest BCUT2D eigenvalue weighted by Gasteiger charge is -2.48. The highest BCUT2D eigenvalue weighted by atomic mass is 35.5. The van der Waals surface area contributed by atoms with Gasteiger partial charge in [-0.15, -0.1) is 0 Å². The molecule has 37 heavy (non-hydrogen) atoms. The zero-order valence-corrected chi connectivity index (χ0v) is 20.6. The van der Waals surface area contributed by atoms with Crippen LogP contribution in [0.4, 0.5) is 15.8 Å². The van der Waals surface area contributed by atoms with Gasteiger partial charge in [-0.25, -0.2) is 9.37 Å². The molecule has 1 saturated carbocycles. The van der Waals surface area contributed by atoms with Crippen LogP contribution in [0.25, 0.3) is 22.3 Å². The predicted molar refractivity (Wildman–Crippen MR) is 137 cm³/mol. The number of carbonyl (C=O) groups is 2. The van der Waals surface area contributed by atoms with E-state index in [4.69, 9.17) is 11.6 Å². The van der Waals surface area contributed by atoms with E-state index >= 15 is 0 Å². The van der Waals surface area contributed by atoms with Gasteiger partial charge >= 0.3 is 0 Å². The van der Waals surface area contributed by atoms with Crippen LogP contribution in [0, 0.1) is 5.82 Å². The molecule has 2 atom stereocenters. The third kappa shape index (κ3) is 3.50. The van der Waals surface area contributed by atoms with Gasteiger partial charge in [0.05, 0.1) is 28.5 Å². The summed E-state index contributed by atoms with van der Waals surface area (Å²) in [5.74, 6) is -1.68. The summed E-state index contributed by atoms with van der Waals surface area (Å²) in [5.41, 5.74) is 0.351. The van der Waals surface area contributed by atoms with E-state index in [0.29, 0.717) is 23.3 Å². The van der Waals surface area contributed by atoms with Crippen molar-refractivity contribution < 1.29 is 19.1 Å². The van der Waals surface area contributed by atoms with Gasteiger partial charge in [0.1, 0.15) is 28.9 Å². The molecule has 4 heterocycles. The minimum absolute atomic E-state index is 0.0182. The van der Waals surface area contributed by atoms with Crippen LogP contribution >= 0.6 is 11.6 Å². The minimum Gasteiger partial charge on any atom is -0.507 e. The predicted octanol–water partition coefficient (Wildman–Crippen LogP) is 3.44. The zero-order chi connectivity index (χ0) is 26.2. The molecule has 3 aromatic rings. The van der Waals surface area contributed by atoms with Crippen molar-refractivity contribution in [2.24, 2.45) is 0 Å². The highest BCUT2D eigenvalue weighted by Crippen LogP contribution is 2.45. The van der Waals surface area contributed by atoms with Crippen LogP contribution in [-0.4, -0.2) is 56.5 Å². The summed E-state index contributed by atoms with van der Waals surface area (Å²) in [5, 5.41) is 13.8. The Hall–Kier alpha value is -3.92. The van der Waals surface area contributed by atoms with Crippen molar-refractivity contribution in [3.63, 3.8) is 0 Å². The third-order valence-corrected chi connectivity index (χ3v) is 7.57. The van der Waals surface area contributed by atoms with Crippen LogP contribution in [-0.2, 0) is 9.59 Å². The van der Waals surface area contributed by atoms with Crippen molar-refractivity contribution in [2.45, 2.75) is 37.9 Å². The Morgan fingerprint density at radius 1 is 1.30 bits per heavy atom. The fraction of sp³-hybridized carbons (Fsp3) is 0.308. The number of aromatic hydroxyl groups is 1. The number of anilines is 2. The van der Waals surface area contributed by atoms with Crippen molar-refractivity contribution in [1.29, 1.82) is 0 Å². The second-order valence-corrected chi connectivity index (χ2v) is 10.1. The number of rotatable bonds is 3. The van der Waals surface area contributed by atoms with E-state index in [1.807, 2.05) is 11.8 Å². The Bertz CT molecular complexity index is 1560. The van der Waals surface area contributed by atoms with Gasteiger partial charge in [0, 0.05) is 24.0 Å². The quantitative estimate of drug-likeness (QED) is 0.509. The van der Waals surface area contributed by atoms with Gasteiger partial charge in [-0.1, -0.05) is 24.2 Å². The monoisotopic (exact) mass is 523 g/mol. The number of nitrogens with zero attached hydrogens (tertiary/aromatic N) is 4. The normalized spacial score (nSPS) is 20.9. The van der Waals surface area contributed by atoms with Crippen molar-refractivity contribution in [3.8, 4) is 17.0 Å². The highest BCUT2D eigenvalue weighted by molar-refractivity contribution is 6.34. The number of pyridine rings is 2. The van der Waals surface area contributed by atoms with Gasteiger partial charge in [-0.3, -0.25) is 19.0 Å². The molecule has 11 heteroatoms.